The van der Waals surface area contributed by atoms with Gasteiger partial charge in [-0.25, -0.2) is 0 Å². The largest absolute Gasteiger partial charge is 0.383 e. The van der Waals surface area contributed by atoms with E-state index in [1.807, 2.05) is 31.1 Å². The Bertz CT molecular complexity index is 749. The molecule has 0 spiro atoms. The number of amides is 1. The van der Waals surface area contributed by atoms with Crippen molar-refractivity contribution in [3.63, 3.8) is 0 Å². The van der Waals surface area contributed by atoms with Crippen LogP contribution in [0.25, 0.3) is 0 Å². The van der Waals surface area contributed by atoms with Crippen LogP contribution in [0.1, 0.15) is 44.7 Å². The second kappa shape index (κ2) is 8.33. The van der Waals surface area contributed by atoms with Gasteiger partial charge in [0.2, 0.25) is 0 Å². The number of fused-ring (bicyclic) bond motifs is 1. The van der Waals surface area contributed by atoms with Crippen LogP contribution in [0.4, 0.5) is 0 Å². The maximum absolute atomic E-state index is 12.9. The minimum atomic E-state index is 0.126. The van der Waals surface area contributed by atoms with Crippen LogP contribution in [0.5, 0.6) is 0 Å². The second-order valence-electron chi connectivity index (χ2n) is 6.69. The Kier molecular flexibility index (Phi) is 6.11. The monoisotopic (exact) mass is 377 g/mol. The lowest BCUT2D eigenvalue weighted by atomic mass is 10.0. The van der Waals surface area contributed by atoms with Gasteiger partial charge in [0.25, 0.3) is 5.91 Å². The molecule has 0 atom stereocenters. The second-order valence-corrected chi connectivity index (χ2v) is 7.66. The molecule has 1 aliphatic heterocycles. The predicted molar refractivity (Wildman–Crippen MR) is 102 cm³/mol. The fourth-order valence-electron chi connectivity index (χ4n) is 3.42. The predicted octanol–water partition coefficient (Wildman–Crippen LogP) is 3.02. The van der Waals surface area contributed by atoms with Crippen molar-refractivity contribution in [3.05, 3.63) is 38.4 Å². The highest BCUT2D eigenvalue weighted by molar-refractivity contribution is 7.10. The zero-order valence-corrected chi connectivity index (χ0v) is 16.8. The molecule has 0 bridgehead atoms. The third kappa shape index (κ3) is 3.84. The number of methoxy groups -OCH3 is 1. The molecule has 0 saturated carbocycles. The number of nitrogens with zero attached hydrogens (tertiary/aromatic N) is 3. The highest BCUT2D eigenvalue weighted by Gasteiger charge is 2.26. The molecule has 1 aliphatic rings. The van der Waals surface area contributed by atoms with E-state index in [0.717, 1.165) is 43.1 Å². The van der Waals surface area contributed by atoms with Crippen LogP contribution in [-0.2, 0) is 24.2 Å². The summed E-state index contributed by atoms with van der Waals surface area (Å²) in [7, 11) is 1.67. The van der Waals surface area contributed by atoms with Gasteiger partial charge in [-0.05, 0) is 32.8 Å². The number of carbonyl (C=O) groups is 1. The number of rotatable bonds is 7. The molecular formula is C19H27N3O3S. The highest BCUT2D eigenvalue weighted by Crippen LogP contribution is 2.31. The van der Waals surface area contributed by atoms with Gasteiger partial charge >= 0.3 is 0 Å². The van der Waals surface area contributed by atoms with E-state index in [9.17, 15) is 4.79 Å². The molecule has 0 saturated heterocycles. The smallest absolute Gasteiger partial charge is 0.255 e. The van der Waals surface area contributed by atoms with E-state index in [2.05, 4.69) is 10.1 Å². The van der Waals surface area contributed by atoms with Crippen molar-refractivity contribution >= 4 is 17.2 Å². The molecular weight excluding hydrogens is 350 g/mol. The number of likely N-dealkylation sites (N-methyl/N-ethyl adjacent to an activating group) is 1. The first-order valence-corrected chi connectivity index (χ1v) is 9.94. The zero-order chi connectivity index (χ0) is 18.7. The number of aryl methyl sites for hydroxylation is 2. The highest BCUT2D eigenvalue weighted by atomic mass is 32.1. The lowest BCUT2D eigenvalue weighted by molar-refractivity contribution is 0.0705. The number of ether oxygens (including phenoxy) is 1. The standard InChI is InChI=1S/C19H27N3O3S/c1-5-22(8-9-24-4)19(23)17-12-26-18-11-21(7-6-15(17)18)10-16-13(2)20-25-14(16)3/h12H,5-11H2,1-4H3. The molecule has 142 valence electrons. The Morgan fingerprint density at radius 2 is 2.27 bits per heavy atom. The van der Waals surface area contributed by atoms with E-state index in [-0.39, 0.29) is 5.91 Å². The first-order valence-electron chi connectivity index (χ1n) is 9.06. The van der Waals surface area contributed by atoms with Crippen LogP contribution < -0.4 is 0 Å². The zero-order valence-electron chi connectivity index (χ0n) is 16.0. The van der Waals surface area contributed by atoms with E-state index < -0.39 is 0 Å². The molecule has 2 aromatic rings. The summed E-state index contributed by atoms with van der Waals surface area (Å²) in [6.45, 7) is 10.5. The van der Waals surface area contributed by atoms with E-state index in [4.69, 9.17) is 9.26 Å². The molecule has 3 rings (SSSR count). The maximum atomic E-state index is 12.9. The molecule has 26 heavy (non-hydrogen) atoms. The normalized spacial score (nSPS) is 14.5. The van der Waals surface area contributed by atoms with E-state index in [0.29, 0.717) is 19.7 Å². The lowest BCUT2D eigenvalue weighted by Crippen LogP contribution is -2.35. The Hall–Kier alpha value is -1.70. The quantitative estimate of drug-likeness (QED) is 0.742. The molecule has 0 N–H and O–H groups in total. The van der Waals surface area contributed by atoms with E-state index >= 15 is 0 Å². The minimum Gasteiger partial charge on any atom is -0.383 e. The topological polar surface area (TPSA) is 58.8 Å². The van der Waals surface area contributed by atoms with Crippen molar-refractivity contribution in [1.82, 2.24) is 15.0 Å². The molecule has 0 aliphatic carbocycles. The summed E-state index contributed by atoms with van der Waals surface area (Å²) in [5, 5.41) is 6.08. The summed E-state index contributed by atoms with van der Waals surface area (Å²) in [6, 6.07) is 0. The average Bonchev–Trinajstić information content (AvgIpc) is 3.20. The summed E-state index contributed by atoms with van der Waals surface area (Å²) in [4.78, 5) is 18.5. The van der Waals surface area contributed by atoms with Gasteiger partial charge in [-0.15, -0.1) is 11.3 Å². The number of aromatic nitrogens is 1. The molecule has 1 amide bonds. The van der Waals surface area contributed by atoms with Crippen LogP contribution in [0.3, 0.4) is 0 Å². The summed E-state index contributed by atoms with van der Waals surface area (Å²) >= 11 is 1.70. The van der Waals surface area contributed by atoms with Crippen LogP contribution in [0.2, 0.25) is 0 Å². The number of thiophene rings is 1. The first-order chi connectivity index (χ1) is 12.5. The number of hydrogen-bond donors (Lipinski definition) is 0. The number of carbonyl (C=O) groups excluding carboxylic acids is 1. The SMILES string of the molecule is CCN(CCOC)C(=O)c1csc2c1CCN(Cc1c(C)noc1C)C2. The van der Waals surface area contributed by atoms with Gasteiger partial charge in [0.1, 0.15) is 5.76 Å². The Balaban J connectivity index is 1.71. The number of hydrogen-bond acceptors (Lipinski definition) is 6. The lowest BCUT2D eigenvalue weighted by Gasteiger charge is -2.28. The van der Waals surface area contributed by atoms with Gasteiger partial charge in [-0.1, -0.05) is 5.16 Å². The van der Waals surface area contributed by atoms with Crippen LogP contribution in [-0.4, -0.2) is 54.2 Å². The fraction of sp³-hybridized carbons (Fsp3) is 0.579. The summed E-state index contributed by atoms with van der Waals surface area (Å²) in [6.07, 6.45) is 0.908. The van der Waals surface area contributed by atoms with Gasteiger partial charge in [-0.2, -0.15) is 0 Å². The molecule has 7 heteroatoms. The Morgan fingerprint density at radius 1 is 1.46 bits per heavy atom. The molecule has 3 heterocycles. The van der Waals surface area contributed by atoms with Crippen LogP contribution in [0.15, 0.2) is 9.90 Å². The van der Waals surface area contributed by atoms with Gasteiger partial charge < -0.3 is 14.2 Å². The van der Waals surface area contributed by atoms with E-state index in [1.165, 1.54) is 16.0 Å². The van der Waals surface area contributed by atoms with Crippen molar-refractivity contribution in [2.75, 3.05) is 33.4 Å². The summed E-state index contributed by atoms with van der Waals surface area (Å²) < 4.78 is 10.4. The van der Waals surface area contributed by atoms with Crippen molar-refractivity contribution in [2.24, 2.45) is 0 Å². The molecule has 2 aromatic heterocycles. The summed E-state index contributed by atoms with van der Waals surface area (Å²) in [5.74, 6) is 1.02. The van der Waals surface area contributed by atoms with Crippen molar-refractivity contribution in [2.45, 2.75) is 40.3 Å². The summed E-state index contributed by atoms with van der Waals surface area (Å²) in [5.41, 5.74) is 4.25. The Labute approximate surface area is 158 Å². The minimum absolute atomic E-state index is 0.126. The molecule has 6 nitrogen and oxygen atoms in total. The van der Waals surface area contributed by atoms with E-state index in [1.54, 1.807) is 18.4 Å². The maximum Gasteiger partial charge on any atom is 0.255 e. The van der Waals surface area contributed by atoms with Gasteiger partial charge in [0.05, 0.1) is 17.9 Å². The third-order valence-corrected chi connectivity index (χ3v) is 6.07. The first kappa shape index (κ1) is 19.1. The third-order valence-electron chi connectivity index (χ3n) is 5.05. The van der Waals surface area contributed by atoms with Gasteiger partial charge in [0.15, 0.2) is 0 Å². The Morgan fingerprint density at radius 3 is 2.92 bits per heavy atom. The molecule has 0 fully saturated rings. The van der Waals surface area contributed by atoms with Gasteiger partial charge in [-0.3, -0.25) is 9.69 Å². The molecule has 0 aromatic carbocycles. The van der Waals surface area contributed by atoms with Crippen LogP contribution in [0, 0.1) is 13.8 Å². The van der Waals surface area contributed by atoms with Gasteiger partial charge in [0, 0.05) is 55.7 Å². The fourth-order valence-corrected chi connectivity index (χ4v) is 4.54. The van der Waals surface area contributed by atoms with Crippen molar-refractivity contribution in [1.29, 1.82) is 0 Å². The molecule has 0 radical (unpaired) electrons. The average molecular weight is 378 g/mol. The van der Waals surface area contributed by atoms with Crippen molar-refractivity contribution in [3.8, 4) is 0 Å². The van der Waals surface area contributed by atoms with Crippen molar-refractivity contribution < 1.29 is 14.1 Å². The van der Waals surface area contributed by atoms with Crippen LogP contribution >= 0.6 is 11.3 Å². The molecule has 0 unspecified atom stereocenters.